The number of hydrogen-bond acceptors (Lipinski definition) is 2. The summed E-state index contributed by atoms with van der Waals surface area (Å²) in [7, 11) is 0. The molecule has 42 valence electrons. The van der Waals surface area contributed by atoms with E-state index in [9.17, 15) is 0 Å². The normalized spacial score (nSPS) is 12.8. The van der Waals surface area contributed by atoms with Gasteiger partial charge >= 0.3 is 0 Å². The van der Waals surface area contributed by atoms with Gasteiger partial charge in [0.25, 0.3) is 0 Å². The monoisotopic (exact) mass is 238 g/mol. The fraction of sp³-hybridized carbons (Fsp3) is 0. The van der Waals surface area contributed by atoms with Crippen molar-refractivity contribution in [2.24, 2.45) is 0 Å². The fourth-order valence-corrected chi connectivity index (χ4v) is 0.595. The summed E-state index contributed by atoms with van der Waals surface area (Å²) >= 11 is 5.96. The van der Waals surface area contributed by atoms with Gasteiger partial charge in [-0.25, -0.2) is 9.97 Å². The lowest BCUT2D eigenvalue weighted by atomic mass is 10.7. The van der Waals surface area contributed by atoms with Crippen molar-refractivity contribution in [1.82, 2.24) is 9.97 Å². The Morgan fingerprint density at radius 1 is 1.38 bits per heavy atom. The molecule has 0 saturated carbocycles. The van der Waals surface area contributed by atoms with Crippen LogP contribution in [-0.2, 0) is 0 Å². The van der Waals surface area contributed by atoms with Gasteiger partial charge in [0.15, 0.2) is 4.73 Å². The average molecular weight is 240 g/mol. The van der Waals surface area contributed by atoms with Gasteiger partial charge in [-0.2, -0.15) is 0 Å². The van der Waals surface area contributed by atoms with Crippen LogP contribution in [0.2, 0.25) is 0 Å². The van der Waals surface area contributed by atoms with Crippen LogP contribution in [0.25, 0.3) is 0 Å². The highest BCUT2D eigenvalue weighted by Gasteiger charge is 1.85. The molecule has 1 aromatic heterocycles. The smallest absolute Gasteiger partial charge is 0.196 e. The van der Waals surface area contributed by atoms with Gasteiger partial charge in [-0.05, 0) is 31.9 Å². The topological polar surface area (TPSA) is 25.8 Å². The third-order valence-electron chi connectivity index (χ3n) is 0.493. The summed E-state index contributed by atoms with van der Waals surface area (Å²) in [6.07, 6.45) is 0.0405. The first-order valence-corrected chi connectivity index (χ1v) is 3.36. The highest BCUT2D eigenvalue weighted by atomic mass is 79.9. The minimum Gasteiger partial charge on any atom is -0.230 e. The molecule has 0 fully saturated rings. The molecule has 0 saturated heterocycles. The van der Waals surface area contributed by atoms with Gasteiger partial charge in [-0.15, -0.1) is 0 Å². The van der Waals surface area contributed by atoms with Crippen LogP contribution >= 0.6 is 31.9 Å². The van der Waals surface area contributed by atoms with Gasteiger partial charge in [0.2, 0.25) is 0 Å². The van der Waals surface area contributed by atoms with Crippen molar-refractivity contribution in [1.29, 1.82) is 0 Å². The second-order valence-electron chi connectivity index (χ2n) is 1.03. The largest absolute Gasteiger partial charge is 0.230 e. The molecule has 0 unspecified atom stereocenters. The SMILES string of the molecule is [2H]c1nc(Br)nc([2H])c1Br. The maximum Gasteiger partial charge on any atom is 0.196 e. The molecule has 1 heterocycles. The number of rotatable bonds is 0. The molecule has 0 spiro atoms. The van der Waals surface area contributed by atoms with Crippen molar-refractivity contribution < 1.29 is 2.74 Å². The zero-order valence-corrected chi connectivity index (χ0v) is 6.82. The van der Waals surface area contributed by atoms with Gasteiger partial charge in [-0.1, -0.05) is 0 Å². The Morgan fingerprint density at radius 3 is 2.38 bits per heavy atom. The van der Waals surface area contributed by atoms with Crippen molar-refractivity contribution in [2.45, 2.75) is 0 Å². The molecule has 0 aliphatic heterocycles. The Balaban J connectivity index is 3.31. The average Bonchev–Trinajstić information content (AvgIpc) is 1.82. The van der Waals surface area contributed by atoms with Gasteiger partial charge in [0, 0.05) is 12.3 Å². The fourth-order valence-electron chi connectivity index (χ4n) is 0.240. The van der Waals surface area contributed by atoms with Crippen LogP contribution in [0.4, 0.5) is 0 Å². The lowest BCUT2D eigenvalue weighted by Crippen LogP contribution is -1.77. The molecule has 0 aliphatic carbocycles. The van der Waals surface area contributed by atoms with Crippen LogP contribution in [0.15, 0.2) is 21.6 Å². The minimum absolute atomic E-state index is 0.0203. The van der Waals surface area contributed by atoms with Gasteiger partial charge < -0.3 is 0 Å². The van der Waals surface area contributed by atoms with E-state index >= 15 is 0 Å². The number of hydrogen-bond donors (Lipinski definition) is 0. The molecule has 0 radical (unpaired) electrons. The Bertz CT molecular complexity index is 242. The van der Waals surface area contributed by atoms with Crippen LogP contribution in [0.3, 0.4) is 0 Å². The number of halogens is 2. The first-order valence-electron chi connectivity index (χ1n) is 2.77. The van der Waals surface area contributed by atoms with Gasteiger partial charge in [0.1, 0.15) is 0 Å². The van der Waals surface area contributed by atoms with E-state index in [1.165, 1.54) is 0 Å². The standard InChI is InChI=1S/C4H2Br2N2/c5-3-1-7-4(6)8-2-3/h1-2H/i1D,2D. The summed E-state index contributed by atoms with van der Waals surface area (Å²) < 4.78 is 14.9. The third-order valence-corrected chi connectivity index (χ3v) is 1.20. The Labute approximate surface area is 66.4 Å². The number of nitrogens with zero attached hydrogens (tertiary/aromatic N) is 2. The zero-order valence-electron chi connectivity index (χ0n) is 5.65. The summed E-state index contributed by atoms with van der Waals surface area (Å²) in [6, 6.07) is 0. The molecule has 8 heavy (non-hydrogen) atoms. The van der Waals surface area contributed by atoms with E-state index in [1.54, 1.807) is 0 Å². The molecule has 0 atom stereocenters. The Hall–Kier alpha value is 0.0400. The van der Waals surface area contributed by atoms with E-state index < -0.39 is 0 Å². The summed E-state index contributed by atoms with van der Waals surface area (Å²) in [4.78, 5) is 7.28. The maximum absolute atomic E-state index is 7.15. The Morgan fingerprint density at radius 2 is 1.88 bits per heavy atom. The van der Waals surface area contributed by atoms with Crippen LogP contribution in [-0.4, -0.2) is 9.97 Å². The molecular weight excluding hydrogens is 236 g/mol. The predicted molar refractivity (Wildman–Crippen MR) is 37.4 cm³/mol. The molecule has 0 amide bonds. The van der Waals surface area contributed by atoms with Crippen LogP contribution in [0.1, 0.15) is 2.74 Å². The highest BCUT2D eigenvalue weighted by molar-refractivity contribution is 9.10. The molecular formula is C4H2Br2N2. The first-order chi connectivity index (χ1) is 4.61. The summed E-state index contributed by atoms with van der Waals surface area (Å²) in [5.41, 5.74) is 0. The lowest BCUT2D eigenvalue weighted by molar-refractivity contribution is 1.10. The molecule has 1 aromatic rings. The van der Waals surface area contributed by atoms with Crippen molar-refractivity contribution in [3.8, 4) is 0 Å². The van der Waals surface area contributed by atoms with E-state index in [-0.39, 0.29) is 17.1 Å². The second-order valence-corrected chi connectivity index (χ2v) is 2.53. The van der Waals surface area contributed by atoms with Crippen molar-refractivity contribution in [2.75, 3.05) is 0 Å². The predicted octanol–water partition coefficient (Wildman–Crippen LogP) is 2.00. The van der Waals surface area contributed by atoms with E-state index in [0.29, 0.717) is 4.47 Å². The number of aromatic nitrogens is 2. The summed E-state index contributed by atoms with van der Waals surface area (Å²) in [5.74, 6) is 0. The molecule has 2 nitrogen and oxygen atoms in total. The first kappa shape index (κ1) is 3.95. The van der Waals surface area contributed by atoms with E-state index in [0.717, 1.165) is 0 Å². The molecule has 0 N–H and O–H groups in total. The minimum atomic E-state index is 0.0203. The third kappa shape index (κ3) is 1.52. The van der Waals surface area contributed by atoms with Crippen molar-refractivity contribution in [3.63, 3.8) is 0 Å². The van der Waals surface area contributed by atoms with E-state index in [2.05, 4.69) is 41.8 Å². The maximum atomic E-state index is 7.15. The van der Waals surface area contributed by atoms with Gasteiger partial charge in [0.05, 0.1) is 7.21 Å². The molecule has 1 rings (SSSR count). The quantitative estimate of drug-likeness (QED) is 0.648. The molecule has 0 aliphatic rings. The zero-order chi connectivity index (χ0) is 7.72. The molecule has 0 aromatic carbocycles. The van der Waals surface area contributed by atoms with Crippen molar-refractivity contribution >= 4 is 31.9 Å². The lowest BCUT2D eigenvalue weighted by Gasteiger charge is -1.85. The Kier molecular flexibility index (Phi) is 1.26. The van der Waals surface area contributed by atoms with Crippen LogP contribution < -0.4 is 0 Å². The van der Waals surface area contributed by atoms with Gasteiger partial charge in [-0.3, -0.25) is 0 Å². The molecule has 0 bridgehead atoms. The van der Waals surface area contributed by atoms with E-state index in [1.807, 2.05) is 0 Å². The second kappa shape index (κ2) is 2.55. The van der Waals surface area contributed by atoms with E-state index in [4.69, 9.17) is 2.74 Å². The summed E-state index contributed by atoms with van der Waals surface area (Å²) in [5, 5.41) is 0. The highest BCUT2D eigenvalue weighted by Crippen LogP contribution is 2.06. The molecule has 4 heteroatoms. The van der Waals surface area contributed by atoms with Crippen LogP contribution in [0.5, 0.6) is 0 Å². The summed E-state index contributed by atoms with van der Waals surface area (Å²) in [6.45, 7) is 0. The van der Waals surface area contributed by atoms with Crippen LogP contribution in [0, 0.1) is 0 Å². The van der Waals surface area contributed by atoms with Crippen molar-refractivity contribution in [3.05, 3.63) is 21.6 Å².